The molecule has 2 aliphatic heterocycles. The molecule has 3 heterocycles. The van der Waals surface area contributed by atoms with E-state index in [0.717, 1.165) is 23.8 Å². The third-order valence-corrected chi connectivity index (χ3v) is 15.7. The zero-order valence-corrected chi connectivity index (χ0v) is 52.9. The van der Waals surface area contributed by atoms with E-state index in [9.17, 15) is 43.1 Å². The fourth-order valence-corrected chi connectivity index (χ4v) is 10.9. The molecule has 2 saturated heterocycles. The van der Waals surface area contributed by atoms with Gasteiger partial charge >= 0.3 is 12.1 Å². The second kappa shape index (κ2) is 38.6. The molecule has 3 aromatic carbocycles. The third kappa shape index (κ3) is 24.4. The Morgan fingerprint density at radius 1 is 0.813 bits per heavy atom. The number of anilines is 1. The van der Waals surface area contributed by atoms with E-state index in [-0.39, 0.29) is 113 Å². The maximum absolute atomic E-state index is 16.4. The minimum Gasteiger partial charge on any atom is -0.445 e. The lowest BCUT2D eigenvalue weighted by atomic mass is 9.88. The summed E-state index contributed by atoms with van der Waals surface area (Å²) in [7, 11) is 0. The molecule has 0 saturated carbocycles. The van der Waals surface area contributed by atoms with Gasteiger partial charge in [0.1, 0.15) is 36.3 Å². The molecule has 0 bridgehead atoms. The van der Waals surface area contributed by atoms with Crippen LogP contribution in [0.3, 0.4) is 0 Å². The Hall–Kier alpha value is -7.14. The second-order valence-corrected chi connectivity index (χ2v) is 23.3. The van der Waals surface area contributed by atoms with Crippen LogP contribution in [0.15, 0.2) is 79.0 Å². The van der Waals surface area contributed by atoms with E-state index in [2.05, 4.69) is 33.9 Å². The first-order chi connectivity index (χ1) is 43.8. The molecule has 27 heteroatoms. The topological polar surface area (TPSA) is 294 Å². The number of benzene rings is 3. The fourth-order valence-electron chi connectivity index (χ4n) is 10.7. The number of ketones is 1. The summed E-state index contributed by atoms with van der Waals surface area (Å²) >= 11 is 4.02. The van der Waals surface area contributed by atoms with Crippen LogP contribution < -0.4 is 27.0 Å². The molecular formula is C64H88F3N9O14S. The molecule has 4 aromatic rings. The van der Waals surface area contributed by atoms with Crippen molar-refractivity contribution in [1.82, 2.24) is 35.3 Å². The number of urea groups is 1. The average molecular weight is 1300 g/mol. The van der Waals surface area contributed by atoms with Crippen LogP contribution in [0.5, 0.6) is 0 Å². The van der Waals surface area contributed by atoms with Crippen LogP contribution in [0, 0.1) is 35.3 Å². The Kier molecular flexibility index (Phi) is 31.0. The van der Waals surface area contributed by atoms with Crippen LogP contribution in [-0.4, -0.2) is 189 Å². The number of Topliss-reactive ketones (excluding diaryl/α,β-unsaturated/α-hetero) is 1. The SMILES string of the molecule is CC(C)[C@H](NC(=O)CCOCCOCCOCCOCCNC(=O)CCS)C(=O)C[C@@H](CCCNC(N)=O)C(=O)Nc1ccc(COC(=O)N2C[C@@H](CN(C(=O)[C@@H](C)O)[C@@H](c3nc(-c4cc(F)ccc4F)cn3Cc3ccccc3)C3CCOCC3)[C@@H](F)C2)cc1. The van der Waals surface area contributed by atoms with Gasteiger partial charge in [-0.25, -0.2) is 27.7 Å². The van der Waals surface area contributed by atoms with Gasteiger partial charge in [0, 0.05) is 94.5 Å². The van der Waals surface area contributed by atoms with E-state index in [1.165, 1.54) is 16.7 Å². The summed E-state index contributed by atoms with van der Waals surface area (Å²) in [6.45, 7) is 7.73. The molecule has 0 spiro atoms. The molecule has 91 heavy (non-hydrogen) atoms. The molecule has 500 valence electrons. The Labute approximate surface area is 534 Å². The molecule has 6 rings (SSSR count). The molecule has 2 fully saturated rings. The highest BCUT2D eigenvalue weighted by molar-refractivity contribution is 7.80. The number of nitrogens with one attached hydrogen (secondary N) is 4. The number of amides is 7. The number of thiol groups is 1. The molecule has 7 amide bonds. The number of alkyl halides is 1. The van der Waals surface area contributed by atoms with E-state index in [0.29, 0.717) is 101 Å². The van der Waals surface area contributed by atoms with Crippen molar-refractivity contribution in [3.05, 3.63) is 108 Å². The molecule has 0 aliphatic carbocycles. The number of aliphatic hydroxyl groups is 1. The molecule has 0 unspecified atom stereocenters. The van der Waals surface area contributed by atoms with E-state index in [4.69, 9.17) is 39.1 Å². The second-order valence-electron chi connectivity index (χ2n) is 22.8. The molecule has 7 N–H and O–H groups in total. The smallest absolute Gasteiger partial charge is 0.410 e. The van der Waals surface area contributed by atoms with Crippen LogP contribution >= 0.6 is 12.6 Å². The van der Waals surface area contributed by atoms with Crippen LogP contribution in [-0.2, 0) is 65.5 Å². The van der Waals surface area contributed by atoms with Crippen molar-refractivity contribution in [3.63, 3.8) is 0 Å². The standard InChI is InChI=1S/C64H88F3N9O14S/c1-42(2)58(73-57(80)19-25-86-27-29-88-31-32-89-30-28-87-26-22-69-56(79)20-33-91)55(78)34-47(10-7-21-70-63(68)83)61(81)71-50-14-11-45(12-15-50)41-90-64(84)75-37-48(53(67)39-75)38-76(62(82)43(3)77)59(46-17-23-85-24-18-46)60-72-54(51-35-49(65)13-16-52(51)66)40-74(60)36-44-8-5-4-6-9-44/h4-6,8-9,11-16,35,40,42-43,46-48,53,58-59,77,91H,7,10,17-34,36-39,41H2,1-3H3,(H,69,79)(H,71,81)(H,73,80)(H3,68,70,83)/t43-,47-,48+,53+,58+,59-/m1/s1. The van der Waals surface area contributed by atoms with Crippen molar-refractivity contribution >= 4 is 59.9 Å². The maximum atomic E-state index is 16.4. The number of nitrogens with zero attached hydrogens (tertiary/aromatic N) is 4. The van der Waals surface area contributed by atoms with E-state index in [1.807, 2.05) is 30.3 Å². The predicted molar refractivity (Wildman–Crippen MR) is 334 cm³/mol. The largest absolute Gasteiger partial charge is 0.445 e. The first kappa shape index (κ1) is 72.9. The number of primary amides is 1. The predicted octanol–water partition coefficient (Wildman–Crippen LogP) is 6.16. The molecule has 23 nitrogen and oxygen atoms in total. The summed E-state index contributed by atoms with van der Waals surface area (Å²) in [5.74, 6) is -5.10. The Morgan fingerprint density at radius 3 is 2.13 bits per heavy atom. The summed E-state index contributed by atoms with van der Waals surface area (Å²) < 4.78 is 81.5. The average Bonchev–Trinajstić information content (AvgIpc) is 1.72. The van der Waals surface area contributed by atoms with Gasteiger partial charge in [0.2, 0.25) is 17.7 Å². The fraction of sp³-hybridized carbons (Fsp3) is 0.562. The van der Waals surface area contributed by atoms with Gasteiger partial charge in [-0.15, -0.1) is 0 Å². The summed E-state index contributed by atoms with van der Waals surface area (Å²) in [6, 6.07) is 16.3. The summed E-state index contributed by atoms with van der Waals surface area (Å²) in [6.07, 6.45) is -0.853. The van der Waals surface area contributed by atoms with Crippen LogP contribution in [0.1, 0.15) is 88.7 Å². The quantitative estimate of drug-likeness (QED) is 0.0195. The van der Waals surface area contributed by atoms with Gasteiger partial charge in [0.05, 0.1) is 77.2 Å². The lowest BCUT2D eigenvalue weighted by molar-refractivity contribution is -0.145. The normalized spacial score (nSPS) is 16.4. The zero-order valence-electron chi connectivity index (χ0n) is 52.0. The molecule has 6 atom stereocenters. The number of likely N-dealkylation sites (tertiary alicyclic amines) is 1. The van der Waals surface area contributed by atoms with Crippen LogP contribution in [0.4, 0.5) is 28.4 Å². The monoisotopic (exact) mass is 1300 g/mol. The van der Waals surface area contributed by atoms with Gasteiger partial charge in [-0.3, -0.25) is 24.0 Å². The van der Waals surface area contributed by atoms with E-state index < -0.39 is 77.7 Å². The number of aromatic nitrogens is 2. The number of rotatable bonds is 39. The van der Waals surface area contributed by atoms with E-state index in [1.54, 1.807) is 48.9 Å². The van der Waals surface area contributed by atoms with Crippen molar-refractivity contribution in [1.29, 1.82) is 0 Å². The van der Waals surface area contributed by atoms with Gasteiger partial charge in [0.15, 0.2) is 5.78 Å². The van der Waals surface area contributed by atoms with E-state index >= 15 is 8.78 Å². The molecule has 2 aliphatic rings. The van der Waals surface area contributed by atoms with Crippen molar-refractivity contribution in [2.45, 2.75) is 103 Å². The highest BCUT2D eigenvalue weighted by Gasteiger charge is 2.44. The highest BCUT2D eigenvalue weighted by Crippen LogP contribution is 2.39. The Morgan fingerprint density at radius 2 is 1.48 bits per heavy atom. The minimum absolute atomic E-state index is 0.0285. The number of carbonyl (C=O) groups excluding carboxylic acids is 7. The summed E-state index contributed by atoms with van der Waals surface area (Å²) in [5.41, 5.74) is 7.01. The first-order valence-electron chi connectivity index (χ1n) is 30.9. The lowest BCUT2D eigenvalue weighted by Crippen LogP contribution is -2.48. The highest BCUT2D eigenvalue weighted by atomic mass is 32.1. The first-order valence-corrected chi connectivity index (χ1v) is 31.6. The van der Waals surface area contributed by atoms with Gasteiger partial charge in [-0.2, -0.15) is 12.6 Å². The number of imidazole rings is 1. The number of nitrogens with two attached hydrogens (primary N) is 1. The van der Waals surface area contributed by atoms with Gasteiger partial charge in [-0.1, -0.05) is 56.3 Å². The molecule has 0 radical (unpaired) electrons. The number of halogens is 3. The van der Waals surface area contributed by atoms with Gasteiger partial charge in [-0.05, 0) is 91.7 Å². The number of carbonyl (C=O) groups is 7. The summed E-state index contributed by atoms with van der Waals surface area (Å²) in [5, 5.41) is 21.8. The number of aliphatic hydroxyl groups excluding tert-OH is 1. The van der Waals surface area contributed by atoms with Gasteiger partial charge < -0.3 is 74.9 Å². The molecule has 1 aromatic heterocycles. The zero-order chi connectivity index (χ0) is 65.7. The Bertz CT molecular complexity index is 2940. The lowest BCUT2D eigenvalue weighted by Gasteiger charge is -2.40. The third-order valence-electron chi connectivity index (χ3n) is 15.5. The van der Waals surface area contributed by atoms with Crippen LogP contribution in [0.25, 0.3) is 11.3 Å². The van der Waals surface area contributed by atoms with Gasteiger partial charge in [0.25, 0.3) is 5.91 Å². The van der Waals surface area contributed by atoms with Crippen molar-refractivity contribution in [3.8, 4) is 11.3 Å². The van der Waals surface area contributed by atoms with Crippen LogP contribution in [0.2, 0.25) is 0 Å². The Balaban J connectivity index is 1.00. The van der Waals surface area contributed by atoms with Crippen molar-refractivity contribution in [2.75, 3.05) is 110 Å². The number of hydrogen-bond acceptors (Lipinski definition) is 16. The van der Waals surface area contributed by atoms with Crippen molar-refractivity contribution < 1.29 is 80.3 Å². The summed E-state index contributed by atoms with van der Waals surface area (Å²) in [4.78, 5) is 99.1. The number of ether oxygens (including phenoxy) is 6. The number of hydrogen-bond donors (Lipinski definition) is 7. The maximum Gasteiger partial charge on any atom is 0.410 e. The molecular weight excluding hydrogens is 1210 g/mol. The van der Waals surface area contributed by atoms with Crippen molar-refractivity contribution in [2.24, 2.45) is 29.4 Å². The minimum atomic E-state index is -1.62.